The molecule has 270 valence electrons. The van der Waals surface area contributed by atoms with Gasteiger partial charge in [-0.3, -0.25) is 0 Å². The smallest absolute Gasteiger partial charge is 0.160 e. The van der Waals surface area contributed by atoms with Crippen molar-refractivity contribution >= 4 is 11.8 Å². The van der Waals surface area contributed by atoms with Crippen LogP contribution < -0.4 is 0 Å². The normalized spacial score (nSPS) is 12.9. The molecule has 0 saturated heterocycles. The van der Waals surface area contributed by atoms with E-state index in [9.17, 15) is 5.26 Å². The van der Waals surface area contributed by atoms with Crippen LogP contribution in [0.2, 0.25) is 0 Å². The summed E-state index contributed by atoms with van der Waals surface area (Å²) in [6, 6.07) is 73.3. The molecule has 8 aromatic carbocycles. The maximum absolute atomic E-state index is 9.76. The van der Waals surface area contributed by atoms with Crippen LogP contribution in [0.4, 0.5) is 0 Å². The first kappa shape index (κ1) is 34.0. The molecular weight excluding hydrogens is 723 g/mol. The van der Waals surface area contributed by atoms with E-state index in [1.807, 2.05) is 66.4 Å². The van der Waals surface area contributed by atoms with Crippen molar-refractivity contribution in [2.75, 3.05) is 0 Å². The monoisotopic (exact) mass is 755 g/mol. The highest BCUT2D eigenvalue weighted by Crippen LogP contribution is 2.62. The van der Waals surface area contributed by atoms with Gasteiger partial charge in [-0.1, -0.05) is 163 Å². The van der Waals surface area contributed by atoms with Gasteiger partial charge in [-0.15, -0.1) is 0 Å². The number of aromatic nitrogens is 2. The highest BCUT2D eigenvalue weighted by molar-refractivity contribution is 7.99. The standard InChI is InChI=1S/C54H33N3S/c55-34-35-13-11-18-38(29-35)40-25-27-51-47(31-40)54(45-23-9-7-21-43(45)44-22-8-10-24-46(44)54)48-32-41(26-28-52(48)58-51)39-19-12-20-42(30-39)50-33-49(36-14-3-1-4-15-36)56-53(57-50)37-16-5-2-6-17-37/h1-33H. The van der Waals surface area contributed by atoms with Gasteiger partial charge in [-0.25, -0.2) is 9.97 Å². The molecule has 2 aliphatic rings. The molecule has 1 aliphatic carbocycles. The summed E-state index contributed by atoms with van der Waals surface area (Å²) >= 11 is 1.84. The van der Waals surface area contributed by atoms with Gasteiger partial charge < -0.3 is 0 Å². The number of hydrogen-bond acceptors (Lipinski definition) is 4. The number of hydrogen-bond donors (Lipinski definition) is 0. The van der Waals surface area contributed by atoms with Crippen molar-refractivity contribution in [3.63, 3.8) is 0 Å². The van der Waals surface area contributed by atoms with Crippen LogP contribution in [0.3, 0.4) is 0 Å². The van der Waals surface area contributed by atoms with Crippen molar-refractivity contribution in [3.8, 4) is 73.4 Å². The van der Waals surface area contributed by atoms with Crippen molar-refractivity contribution < 1.29 is 0 Å². The van der Waals surface area contributed by atoms with Crippen LogP contribution in [0.15, 0.2) is 210 Å². The number of benzene rings is 8. The van der Waals surface area contributed by atoms with Crippen molar-refractivity contribution in [1.82, 2.24) is 9.97 Å². The first-order valence-corrected chi connectivity index (χ1v) is 20.3. The van der Waals surface area contributed by atoms with Gasteiger partial charge in [-0.2, -0.15) is 5.26 Å². The Bertz CT molecular complexity index is 3010. The molecule has 0 unspecified atom stereocenters. The summed E-state index contributed by atoms with van der Waals surface area (Å²) in [5.41, 5.74) is 17.0. The van der Waals surface area contributed by atoms with Crippen molar-refractivity contribution in [1.29, 1.82) is 5.26 Å². The molecule has 0 fully saturated rings. The fourth-order valence-electron chi connectivity index (χ4n) is 8.96. The van der Waals surface area contributed by atoms with Crippen LogP contribution in [0, 0.1) is 11.3 Å². The van der Waals surface area contributed by atoms with E-state index in [1.165, 1.54) is 43.2 Å². The molecule has 2 heterocycles. The zero-order chi connectivity index (χ0) is 38.6. The Labute approximate surface area is 342 Å². The Kier molecular flexibility index (Phi) is 8.03. The second-order valence-electron chi connectivity index (χ2n) is 14.8. The molecule has 0 atom stereocenters. The minimum absolute atomic E-state index is 0.554. The zero-order valence-electron chi connectivity index (χ0n) is 31.3. The molecule has 0 bridgehead atoms. The minimum Gasteiger partial charge on any atom is -0.228 e. The number of nitriles is 1. The Morgan fingerprint density at radius 3 is 1.48 bits per heavy atom. The highest BCUT2D eigenvalue weighted by atomic mass is 32.2. The van der Waals surface area contributed by atoms with Crippen molar-refractivity contribution in [2.45, 2.75) is 15.2 Å². The first-order chi connectivity index (χ1) is 28.7. The highest BCUT2D eigenvalue weighted by Gasteiger charge is 2.50. The lowest BCUT2D eigenvalue weighted by Gasteiger charge is -2.40. The average molecular weight is 756 g/mol. The van der Waals surface area contributed by atoms with Gasteiger partial charge in [0.05, 0.1) is 28.4 Å². The molecule has 0 saturated carbocycles. The van der Waals surface area contributed by atoms with Crippen LogP contribution in [0.25, 0.3) is 67.3 Å². The summed E-state index contributed by atoms with van der Waals surface area (Å²) < 4.78 is 0. The fourth-order valence-corrected chi connectivity index (χ4v) is 10.1. The predicted molar refractivity (Wildman–Crippen MR) is 235 cm³/mol. The van der Waals surface area contributed by atoms with Gasteiger partial charge in [-0.05, 0) is 104 Å². The Balaban J connectivity index is 1.10. The average Bonchev–Trinajstić information content (AvgIpc) is 3.60. The SMILES string of the molecule is N#Cc1cccc(-c2ccc3c(c2)C2(c4cc(-c5cccc(-c6cc(-c7ccccc7)nc(-c7ccccc7)n6)c5)ccc4S3)c3ccccc3-c3ccccc32)c1. The molecule has 4 heteroatoms. The van der Waals surface area contributed by atoms with E-state index in [0.717, 1.165) is 50.3 Å². The fraction of sp³-hybridized carbons (Fsp3) is 0.0185. The lowest BCUT2D eigenvalue weighted by molar-refractivity contribution is 0.723. The third-order valence-electron chi connectivity index (χ3n) is 11.6. The molecule has 1 spiro atoms. The quantitative estimate of drug-likeness (QED) is 0.175. The number of nitrogens with zero attached hydrogens (tertiary/aromatic N) is 3. The molecule has 58 heavy (non-hydrogen) atoms. The first-order valence-electron chi connectivity index (χ1n) is 19.4. The van der Waals surface area contributed by atoms with Crippen molar-refractivity contribution in [2.24, 2.45) is 0 Å². The van der Waals surface area contributed by atoms with E-state index in [4.69, 9.17) is 9.97 Å². The van der Waals surface area contributed by atoms with E-state index < -0.39 is 5.41 Å². The predicted octanol–water partition coefficient (Wildman–Crippen LogP) is 13.5. The topological polar surface area (TPSA) is 49.6 Å². The number of fused-ring (bicyclic) bond motifs is 9. The van der Waals surface area contributed by atoms with E-state index in [-0.39, 0.29) is 0 Å². The lowest BCUT2D eigenvalue weighted by Crippen LogP contribution is -2.32. The lowest BCUT2D eigenvalue weighted by atomic mass is 9.66. The van der Waals surface area contributed by atoms with Crippen LogP contribution in [0.1, 0.15) is 27.8 Å². The van der Waals surface area contributed by atoms with E-state index in [2.05, 4.69) is 152 Å². The van der Waals surface area contributed by atoms with E-state index in [0.29, 0.717) is 11.4 Å². The van der Waals surface area contributed by atoms with Gasteiger partial charge in [0.2, 0.25) is 0 Å². The summed E-state index contributed by atoms with van der Waals surface area (Å²) in [7, 11) is 0. The van der Waals surface area contributed by atoms with Crippen LogP contribution >= 0.6 is 11.8 Å². The molecule has 0 N–H and O–H groups in total. The largest absolute Gasteiger partial charge is 0.228 e. The van der Waals surface area contributed by atoms with E-state index >= 15 is 0 Å². The molecule has 11 rings (SSSR count). The maximum Gasteiger partial charge on any atom is 0.160 e. The van der Waals surface area contributed by atoms with Gasteiger partial charge in [0.15, 0.2) is 5.82 Å². The van der Waals surface area contributed by atoms with Crippen LogP contribution in [0.5, 0.6) is 0 Å². The zero-order valence-corrected chi connectivity index (χ0v) is 32.1. The number of rotatable bonds is 5. The molecule has 1 aliphatic heterocycles. The van der Waals surface area contributed by atoms with Gasteiger partial charge in [0.1, 0.15) is 0 Å². The second kappa shape index (κ2) is 13.7. The summed E-state index contributed by atoms with van der Waals surface area (Å²) in [6.07, 6.45) is 0. The van der Waals surface area contributed by atoms with Crippen molar-refractivity contribution in [3.05, 3.63) is 228 Å². The molecule has 1 aromatic heterocycles. The van der Waals surface area contributed by atoms with Crippen LogP contribution in [-0.4, -0.2) is 9.97 Å². The molecule has 9 aromatic rings. The Morgan fingerprint density at radius 2 is 0.862 bits per heavy atom. The molecule has 0 amide bonds. The molecule has 0 radical (unpaired) electrons. The Hall–Kier alpha value is -7.32. The minimum atomic E-state index is -0.554. The summed E-state index contributed by atoms with van der Waals surface area (Å²) in [6.45, 7) is 0. The second-order valence-corrected chi connectivity index (χ2v) is 15.9. The molecular formula is C54H33N3S. The third kappa shape index (κ3) is 5.44. The van der Waals surface area contributed by atoms with Gasteiger partial charge in [0, 0.05) is 26.5 Å². The van der Waals surface area contributed by atoms with Gasteiger partial charge in [0.25, 0.3) is 0 Å². The van der Waals surface area contributed by atoms with Crippen LogP contribution in [-0.2, 0) is 5.41 Å². The summed E-state index contributed by atoms with van der Waals surface area (Å²) in [4.78, 5) is 12.7. The Morgan fingerprint density at radius 1 is 0.379 bits per heavy atom. The molecule has 3 nitrogen and oxygen atoms in total. The summed E-state index contributed by atoms with van der Waals surface area (Å²) in [5, 5.41) is 9.76. The van der Waals surface area contributed by atoms with E-state index in [1.54, 1.807) is 0 Å². The van der Waals surface area contributed by atoms with Gasteiger partial charge >= 0.3 is 0 Å². The summed E-state index contributed by atoms with van der Waals surface area (Å²) in [5.74, 6) is 0.700. The third-order valence-corrected chi connectivity index (χ3v) is 12.7. The maximum atomic E-state index is 9.76.